The highest BCUT2D eigenvalue weighted by atomic mass is 32.2. The molecule has 0 spiro atoms. The summed E-state index contributed by atoms with van der Waals surface area (Å²) in [5, 5.41) is 0.597. The van der Waals surface area contributed by atoms with Crippen LogP contribution >= 0.6 is 11.8 Å². The zero-order valence-electron chi connectivity index (χ0n) is 13.3. The zero-order valence-corrected chi connectivity index (χ0v) is 14.1. The van der Waals surface area contributed by atoms with Crippen molar-refractivity contribution in [1.82, 2.24) is 9.97 Å². The van der Waals surface area contributed by atoms with Gasteiger partial charge in [0.25, 0.3) is 0 Å². The first kappa shape index (κ1) is 16.7. The Bertz CT molecular complexity index is 737. The second-order valence-electron chi connectivity index (χ2n) is 5.37. The lowest BCUT2D eigenvalue weighted by molar-refractivity contribution is -0.143. The van der Waals surface area contributed by atoms with Crippen LogP contribution in [0.3, 0.4) is 0 Å². The van der Waals surface area contributed by atoms with Crippen LogP contribution in [-0.2, 0) is 28.1 Å². The van der Waals surface area contributed by atoms with E-state index in [0.29, 0.717) is 16.8 Å². The van der Waals surface area contributed by atoms with Gasteiger partial charge in [-0.15, -0.1) is 0 Å². The Morgan fingerprint density at radius 1 is 1.25 bits per heavy atom. The van der Waals surface area contributed by atoms with Crippen molar-refractivity contribution < 1.29 is 18.7 Å². The third-order valence-electron chi connectivity index (χ3n) is 3.71. The van der Waals surface area contributed by atoms with Gasteiger partial charge in [-0.2, -0.15) is 4.98 Å². The first-order chi connectivity index (χ1) is 11.7. The van der Waals surface area contributed by atoms with E-state index in [-0.39, 0.29) is 12.4 Å². The van der Waals surface area contributed by atoms with Crippen molar-refractivity contribution in [3.63, 3.8) is 0 Å². The number of thioether (sulfide) groups is 1. The first-order valence-corrected chi connectivity index (χ1v) is 8.61. The van der Waals surface area contributed by atoms with Crippen LogP contribution in [0, 0.1) is 5.82 Å². The summed E-state index contributed by atoms with van der Waals surface area (Å²) in [6.07, 6.45) is 2.75. The number of nitrogens with zero attached hydrogens (tertiary/aromatic N) is 2. The lowest BCUT2D eigenvalue weighted by Gasteiger charge is -2.10. The predicted molar refractivity (Wildman–Crippen MR) is 87.5 cm³/mol. The summed E-state index contributed by atoms with van der Waals surface area (Å²) in [7, 11) is 1.32. The van der Waals surface area contributed by atoms with Crippen molar-refractivity contribution in [2.75, 3.05) is 13.7 Å². The summed E-state index contributed by atoms with van der Waals surface area (Å²) >= 11 is 1.46. The fourth-order valence-electron chi connectivity index (χ4n) is 2.48. The number of halogens is 1. The summed E-state index contributed by atoms with van der Waals surface area (Å²) < 4.78 is 23.1. The molecule has 1 aromatic heterocycles. The van der Waals surface area contributed by atoms with Gasteiger partial charge in [-0.25, -0.2) is 14.2 Å². The van der Waals surface area contributed by atoms with Crippen LogP contribution in [0.25, 0.3) is 0 Å². The normalized spacial score (nSPS) is 12.8. The highest BCUT2D eigenvalue weighted by Gasteiger charge is 2.21. The van der Waals surface area contributed by atoms with E-state index >= 15 is 0 Å². The van der Waals surface area contributed by atoms with Crippen LogP contribution in [0.15, 0.2) is 29.4 Å². The van der Waals surface area contributed by atoms with Crippen molar-refractivity contribution in [3.8, 4) is 5.88 Å². The molecule has 0 atom stereocenters. The minimum absolute atomic E-state index is 0.165. The fourth-order valence-corrected chi connectivity index (χ4v) is 3.29. The third-order valence-corrected chi connectivity index (χ3v) is 4.63. The molecule has 0 radical (unpaired) electrons. The number of benzene rings is 1. The van der Waals surface area contributed by atoms with Gasteiger partial charge in [0.2, 0.25) is 5.88 Å². The quantitative estimate of drug-likeness (QED) is 0.454. The number of aryl methyl sites for hydroxylation is 1. The van der Waals surface area contributed by atoms with E-state index in [2.05, 4.69) is 14.7 Å². The molecular formula is C17H17FN2O3S. The second-order valence-corrected chi connectivity index (χ2v) is 6.31. The number of esters is 1. The van der Waals surface area contributed by atoms with Crippen LogP contribution in [0.4, 0.5) is 4.39 Å². The van der Waals surface area contributed by atoms with Gasteiger partial charge in [-0.3, -0.25) is 0 Å². The van der Waals surface area contributed by atoms with Gasteiger partial charge in [0.05, 0.1) is 12.8 Å². The number of aromatic nitrogens is 2. The van der Waals surface area contributed by atoms with Crippen LogP contribution in [0.1, 0.15) is 23.2 Å². The van der Waals surface area contributed by atoms with Crippen LogP contribution in [0.2, 0.25) is 0 Å². The van der Waals surface area contributed by atoms with Crippen molar-refractivity contribution in [1.29, 1.82) is 0 Å². The maximum atomic E-state index is 12.9. The molecule has 0 saturated carbocycles. The highest BCUT2D eigenvalue weighted by Crippen LogP contribution is 2.31. The lowest BCUT2D eigenvalue weighted by atomic mass is 10.2. The summed E-state index contributed by atoms with van der Waals surface area (Å²) in [4.78, 5) is 20.3. The van der Waals surface area contributed by atoms with E-state index < -0.39 is 5.97 Å². The topological polar surface area (TPSA) is 61.3 Å². The van der Waals surface area contributed by atoms with Gasteiger partial charge in [0, 0.05) is 11.3 Å². The molecule has 0 fully saturated rings. The summed E-state index contributed by atoms with van der Waals surface area (Å²) in [6, 6.07) is 6.35. The van der Waals surface area contributed by atoms with E-state index in [9.17, 15) is 9.18 Å². The first-order valence-electron chi connectivity index (χ1n) is 7.62. The number of carbonyl (C=O) groups excluding carboxylic acids is 1. The number of methoxy groups -OCH3 is 1. The molecule has 126 valence electrons. The van der Waals surface area contributed by atoms with E-state index in [1.165, 1.54) is 31.0 Å². The van der Waals surface area contributed by atoms with Crippen molar-refractivity contribution in [3.05, 3.63) is 46.9 Å². The van der Waals surface area contributed by atoms with Gasteiger partial charge in [0.15, 0.2) is 11.8 Å². The van der Waals surface area contributed by atoms with Gasteiger partial charge in [0.1, 0.15) is 5.82 Å². The summed E-state index contributed by atoms with van der Waals surface area (Å²) in [6.45, 7) is -0.165. The second kappa shape index (κ2) is 7.61. The maximum absolute atomic E-state index is 12.9. The molecule has 2 aromatic rings. The van der Waals surface area contributed by atoms with E-state index in [1.54, 1.807) is 12.1 Å². The predicted octanol–water partition coefficient (Wildman–Crippen LogP) is 2.95. The van der Waals surface area contributed by atoms with E-state index in [4.69, 9.17) is 4.74 Å². The standard InChI is InChI=1S/C17H17FN2O3S/c1-22-15(21)9-23-16-13-3-2-4-14(13)19-17(20-16)24-10-11-5-7-12(18)8-6-11/h5-8H,2-4,9-10H2,1H3. The molecule has 0 bridgehead atoms. The number of hydrogen-bond donors (Lipinski definition) is 0. The molecule has 0 unspecified atom stereocenters. The molecule has 24 heavy (non-hydrogen) atoms. The molecular weight excluding hydrogens is 331 g/mol. The smallest absolute Gasteiger partial charge is 0.343 e. The van der Waals surface area contributed by atoms with E-state index in [1.807, 2.05) is 0 Å². The maximum Gasteiger partial charge on any atom is 0.343 e. The molecule has 7 heteroatoms. The molecule has 1 aliphatic rings. The Hall–Kier alpha value is -2.15. The van der Waals surface area contributed by atoms with Crippen LogP contribution in [0.5, 0.6) is 5.88 Å². The van der Waals surface area contributed by atoms with Gasteiger partial charge in [-0.05, 0) is 37.0 Å². The Morgan fingerprint density at radius 2 is 2.04 bits per heavy atom. The van der Waals surface area contributed by atoms with Crippen LogP contribution < -0.4 is 4.74 Å². The summed E-state index contributed by atoms with van der Waals surface area (Å²) in [5.74, 6) is 0.400. The number of ether oxygens (including phenoxy) is 2. The zero-order chi connectivity index (χ0) is 16.9. The van der Waals surface area contributed by atoms with Crippen molar-refractivity contribution in [2.24, 2.45) is 0 Å². The average Bonchev–Trinajstić information content (AvgIpc) is 3.07. The SMILES string of the molecule is COC(=O)COc1nc(SCc2ccc(F)cc2)nc2c1CCC2. The Labute approximate surface area is 143 Å². The Kier molecular flexibility index (Phi) is 5.30. The molecule has 0 saturated heterocycles. The van der Waals surface area contributed by atoms with Gasteiger partial charge < -0.3 is 9.47 Å². The Morgan fingerprint density at radius 3 is 2.79 bits per heavy atom. The van der Waals surface area contributed by atoms with Crippen molar-refractivity contribution in [2.45, 2.75) is 30.2 Å². The van der Waals surface area contributed by atoms with Gasteiger partial charge >= 0.3 is 5.97 Å². The fraction of sp³-hybridized carbons (Fsp3) is 0.353. The minimum Gasteiger partial charge on any atom is -0.466 e. The molecule has 3 rings (SSSR count). The largest absolute Gasteiger partial charge is 0.466 e. The molecule has 0 N–H and O–H groups in total. The molecule has 5 nitrogen and oxygen atoms in total. The van der Waals surface area contributed by atoms with Gasteiger partial charge in [-0.1, -0.05) is 23.9 Å². The molecule has 1 aromatic carbocycles. The average molecular weight is 348 g/mol. The molecule has 0 amide bonds. The Balaban J connectivity index is 1.73. The van der Waals surface area contributed by atoms with E-state index in [0.717, 1.165) is 36.1 Å². The highest BCUT2D eigenvalue weighted by molar-refractivity contribution is 7.98. The third kappa shape index (κ3) is 4.03. The van der Waals surface area contributed by atoms with Crippen LogP contribution in [-0.4, -0.2) is 29.7 Å². The number of fused-ring (bicyclic) bond motifs is 1. The lowest BCUT2D eigenvalue weighted by Crippen LogP contribution is -2.14. The number of hydrogen-bond acceptors (Lipinski definition) is 6. The minimum atomic E-state index is -0.444. The molecule has 1 heterocycles. The summed E-state index contributed by atoms with van der Waals surface area (Å²) in [5.41, 5.74) is 2.94. The monoisotopic (exact) mass is 348 g/mol. The van der Waals surface area contributed by atoms with Crippen molar-refractivity contribution >= 4 is 17.7 Å². The molecule has 0 aliphatic heterocycles. The number of rotatable bonds is 6. The molecule has 1 aliphatic carbocycles. The number of carbonyl (C=O) groups is 1.